The zero-order valence-corrected chi connectivity index (χ0v) is 30.5. The molecule has 264 valence electrons. The molecule has 0 saturated carbocycles. The van der Waals surface area contributed by atoms with Crippen molar-refractivity contribution >= 4 is 98.1 Å². The molecular weight excluding hydrogens is 697 g/mol. The molecule has 5 heteroatoms. The average Bonchev–Trinajstić information content (AvgIpc) is 3.91. The predicted molar refractivity (Wildman–Crippen MR) is 236 cm³/mol. The van der Waals surface area contributed by atoms with Gasteiger partial charge in [0.2, 0.25) is 0 Å². The third-order valence-electron chi connectivity index (χ3n) is 11.8. The summed E-state index contributed by atoms with van der Waals surface area (Å²) in [6.07, 6.45) is 0. The Kier molecular flexibility index (Phi) is 6.10. The van der Waals surface area contributed by atoms with Gasteiger partial charge in [-0.2, -0.15) is 0 Å². The van der Waals surface area contributed by atoms with Crippen molar-refractivity contribution in [2.75, 3.05) is 0 Å². The van der Waals surface area contributed by atoms with Gasteiger partial charge in [0.05, 0.1) is 38.8 Å². The average molecular weight is 727 g/mol. The number of para-hydroxylation sites is 5. The van der Waals surface area contributed by atoms with Crippen molar-refractivity contribution < 1.29 is 4.42 Å². The van der Waals surface area contributed by atoms with Gasteiger partial charge in [-0.25, -0.2) is 9.97 Å². The zero-order valence-electron chi connectivity index (χ0n) is 30.5. The lowest BCUT2D eigenvalue weighted by Gasteiger charge is -2.16. The fourth-order valence-electron chi connectivity index (χ4n) is 9.34. The van der Waals surface area contributed by atoms with E-state index in [1.54, 1.807) is 0 Å². The van der Waals surface area contributed by atoms with E-state index >= 15 is 0 Å². The molecule has 5 nitrogen and oxygen atoms in total. The molecule has 0 aliphatic heterocycles. The van der Waals surface area contributed by atoms with Gasteiger partial charge in [-0.05, 0) is 82.9 Å². The standard InChI is InChI=1S/C52H30N4O/c1-2-14-32-29-45-39(27-31(32)13-1)36-17-5-10-22-43(36)55(45)51-35-16-4-3-15-33(35)30-46-49(51)38-19-6-11-23-44(38)56(46)52-50(53-41-20-8-9-21-42(41)54-52)34-25-26-48-40(28-34)37-18-7-12-24-47(37)57-48/h1-30H. The van der Waals surface area contributed by atoms with Gasteiger partial charge in [0.15, 0.2) is 5.82 Å². The van der Waals surface area contributed by atoms with Crippen LogP contribution in [0.4, 0.5) is 0 Å². The van der Waals surface area contributed by atoms with Crippen LogP contribution in [-0.4, -0.2) is 19.1 Å². The second-order valence-corrected chi connectivity index (χ2v) is 15.0. The molecule has 4 aromatic heterocycles. The molecule has 0 fully saturated rings. The van der Waals surface area contributed by atoms with Crippen LogP contribution >= 0.6 is 0 Å². The van der Waals surface area contributed by atoms with E-state index in [1.807, 2.05) is 30.3 Å². The van der Waals surface area contributed by atoms with E-state index in [9.17, 15) is 0 Å². The summed E-state index contributed by atoms with van der Waals surface area (Å²) in [5.41, 5.74) is 10.8. The normalized spacial score (nSPS) is 12.2. The molecule has 0 radical (unpaired) electrons. The maximum atomic E-state index is 6.26. The summed E-state index contributed by atoms with van der Waals surface area (Å²) in [5, 5.41) is 11.7. The summed E-state index contributed by atoms with van der Waals surface area (Å²) >= 11 is 0. The van der Waals surface area contributed by atoms with Gasteiger partial charge in [0, 0.05) is 43.3 Å². The highest BCUT2D eigenvalue weighted by Crippen LogP contribution is 2.45. The molecule has 0 N–H and O–H groups in total. The Morgan fingerprint density at radius 2 is 0.965 bits per heavy atom. The second-order valence-electron chi connectivity index (χ2n) is 15.0. The second kappa shape index (κ2) is 11.4. The highest BCUT2D eigenvalue weighted by Gasteiger charge is 2.25. The quantitative estimate of drug-likeness (QED) is 0.182. The summed E-state index contributed by atoms with van der Waals surface area (Å²) in [5.74, 6) is 0.779. The van der Waals surface area contributed by atoms with Gasteiger partial charge in [0.25, 0.3) is 0 Å². The van der Waals surface area contributed by atoms with Crippen LogP contribution in [0.15, 0.2) is 186 Å². The first-order valence-electron chi connectivity index (χ1n) is 19.3. The van der Waals surface area contributed by atoms with Crippen LogP contribution in [0.5, 0.6) is 0 Å². The molecule has 13 rings (SSSR count). The van der Waals surface area contributed by atoms with Crippen molar-refractivity contribution in [3.05, 3.63) is 182 Å². The van der Waals surface area contributed by atoms with Crippen molar-refractivity contribution in [3.63, 3.8) is 0 Å². The summed E-state index contributed by atoms with van der Waals surface area (Å²) in [7, 11) is 0. The van der Waals surface area contributed by atoms with Gasteiger partial charge in [-0.3, -0.25) is 4.57 Å². The number of nitrogens with zero attached hydrogens (tertiary/aromatic N) is 4. The van der Waals surface area contributed by atoms with Crippen LogP contribution in [0.1, 0.15) is 0 Å². The van der Waals surface area contributed by atoms with Crippen LogP contribution in [-0.2, 0) is 0 Å². The number of furan rings is 1. The van der Waals surface area contributed by atoms with Crippen LogP contribution in [0, 0.1) is 0 Å². The zero-order chi connectivity index (χ0) is 37.2. The number of benzene rings is 9. The lowest BCUT2D eigenvalue weighted by Crippen LogP contribution is -2.04. The van der Waals surface area contributed by atoms with Gasteiger partial charge in [-0.15, -0.1) is 0 Å². The minimum atomic E-state index is 0.779. The lowest BCUT2D eigenvalue weighted by molar-refractivity contribution is 0.669. The molecule has 0 unspecified atom stereocenters. The summed E-state index contributed by atoms with van der Waals surface area (Å²) in [6, 6.07) is 64.8. The Bertz CT molecular complexity index is 3830. The van der Waals surface area contributed by atoms with Crippen molar-refractivity contribution in [1.82, 2.24) is 19.1 Å². The molecule has 9 aromatic carbocycles. The summed E-state index contributed by atoms with van der Waals surface area (Å²) in [4.78, 5) is 10.9. The van der Waals surface area contributed by atoms with Gasteiger partial charge in [-0.1, -0.05) is 115 Å². The van der Waals surface area contributed by atoms with Crippen molar-refractivity contribution in [2.24, 2.45) is 0 Å². The number of fused-ring (bicyclic) bond motifs is 12. The monoisotopic (exact) mass is 726 g/mol. The Hall–Kier alpha value is -7.76. The molecule has 57 heavy (non-hydrogen) atoms. The van der Waals surface area contributed by atoms with Gasteiger partial charge in [0.1, 0.15) is 16.9 Å². The van der Waals surface area contributed by atoms with Crippen molar-refractivity contribution in [3.8, 4) is 22.8 Å². The third-order valence-corrected chi connectivity index (χ3v) is 11.8. The first-order chi connectivity index (χ1) is 28.3. The molecule has 13 aromatic rings. The van der Waals surface area contributed by atoms with Gasteiger partial charge >= 0.3 is 0 Å². The number of rotatable bonds is 3. The fourth-order valence-corrected chi connectivity index (χ4v) is 9.34. The molecule has 0 saturated heterocycles. The molecule has 0 aliphatic rings. The molecule has 4 heterocycles. The Balaban J connectivity index is 1.20. The fraction of sp³-hybridized carbons (Fsp3) is 0. The van der Waals surface area contributed by atoms with E-state index in [0.717, 1.165) is 82.9 Å². The lowest BCUT2D eigenvalue weighted by atomic mass is 10.0. The smallest absolute Gasteiger partial charge is 0.165 e. The first kappa shape index (κ1) is 30.6. The molecule has 0 amide bonds. The topological polar surface area (TPSA) is 48.8 Å². The minimum absolute atomic E-state index is 0.779. The highest BCUT2D eigenvalue weighted by molar-refractivity contribution is 6.23. The Morgan fingerprint density at radius 1 is 0.368 bits per heavy atom. The van der Waals surface area contributed by atoms with Crippen LogP contribution in [0.2, 0.25) is 0 Å². The van der Waals surface area contributed by atoms with Crippen LogP contribution in [0.25, 0.3) is 121 Å². The summed E-state index contributed by atoms with van der Waals surface area (Å²) < 4.78 is 11.1. The van der Waals surface area contributed by atoms with E-state index < -0.39 is 0 Å². The minimum Gasteiger partial charge on any atom is -0.456 e. The number of hydrogen-bond donors (Lipinski definition) is 0. The molecule has 0 atom stereocenters. The van der Waals surface area contributed by atoms with Gasteiger partial charge < -0.3 is 8.98 Å². The van der Waals surface area contributed by atoms with E-state index in [1.165, 1.54) is 38.0 Å². The predicted octanol–water partition coefficient (Wildman–Crippen LogP) is 13.7. The van der Waals surface area contributed by atoms with E-state index in [0.29, 0.717) is 0 Å². The number of aromatic nitrogens is 4. The third kappa shape index (κ3) is 4.28. The first-order valence-corrected chi connectivity index (χ1v) is 19.3. The van der Waals surface area contributed by atoms with E-state index in [2.05, 4.69) is 161 Å². The highest BCUT2D eigenvalue weighted by atomic mass is 16.3. The Labute approximate surface area is 325 Å². The molecule has 0 bridgehead atoms. The van der Waals surface area contributed by atoms with Crippen molar-refractivity contribution in [2.45, 2.75) is 0 Å². The van der Waals surface area contributed by atoms with E-state index in [-0.39, 0.29) is 0 Å². The summed E-state index contributed by atoms with van der Waals surface area (Å²) in [6.45, 7) is 0. The van der Waals surface area contributed by atoms with Crippen LogP contribution in [0.3, 0.4) is 0 Å². The maximum absolute atomic E-state index is 6.26. The Morgan fingerprint density at radius 3 is 1.79 bits per heavy atom. The largest absolute Gasteiger partial charge is 0.456 e. The van der Waals surface area contributed by atoms with Crippen LogP contribution < -0.4 is 0 Å². The number of hydrogen-bond acceptors (Lipinski definition) is 3. The SMILES string of the molecule is c1ccc2cc3c(cc2c1)c1ccccc1n3-c1c2ccccc2cc2c1c1ccccc1n2-c1nc2ccccc2nc1-c1ccc2oc3ccccc3c2c1. The van der Waals surface area contributed by atoms with E-state index in [4.69, 9.17) is 14.4 Å². The van der Waals surface area contributed by atoms with Crippen molar-refractivity contribution in [1.29, 1.82) is 0 Å². The maximum Gasteiger partial charge on any atom is 0.165 e. The molecule has 0 aliphatic carbocycles. The molecular formula is C52H30N4O. The molecule has 0 spiro atoms.